The molecule has 0 amide bonds. The van der Waals surface area contributed by atoms with Gasteiger partial charge < -0.3 is 19.9 Å². The van der Waals surface area contributed by atoms with Gasteiger partial charge in [0.15, 0.2) is 0 Å². The maximum absolute atomic E-state index is 10.9. The highest BCUT2D eigenvalue weighted by atomic mass is 32.2. The number of aliphatic hydroxyl groups excluding tert-OH is 1. The fourth-order valence-corrected chi connectivity index (χ4v) is 2.09. The minimum absolute atomic E-state index is 0.208. The third kappa shape index (κ3) is 14.2. The summed E-state index contributed by atoms with van der Waals surface area (Å²) in [6.45, 7) is 7.82. The third-order valence-corrected chi connectivity index (χ3v) is 3.34. The van der Waals surface area contributed by atoms with Gasteiger partial charge in [0.05, 0.1) is 32.0 Å². The van der Waals surface area contributed by atoms with E-state index in [0.717, 1.165) is 6.42 Å². The van der Waals surface area contributed by atoms with E-state index in [9.17, 15) is 9.32 Å². The lowest BCUT2D eigenvalue weighted by atomic mass is 10.2. The quantitative estimate of drug-likeness (QED) is 0.514. The number of aliphatic hydroxyl groups is 1. The number of hydrogen-bond acceptors (Lipinski definition) is 5. The van der Waals surface area contributed by atoms with Crippen LogP contribution in [0.5, 0.6) is 0 Å². The lowest BCUT2D eigenvalue weighted by molar-refractivity contribution is -0.0104. The van der Waals surface area contributed by atoms with Gasteiger partial charge in [0.1, 0.15) is 0 Å². The molecule has 0 aliphatic heterocycles. The van der Waals surface area contributed by atoms with Crippen molar-refractivity contribution in [3.8, 4) is 0 Å². The molecule has 0 spiro atoms. The van der Waals surface area contributed by atoms with Crippen LogP contribution in [0.2, 0.25) is 0 Å². The molecule has 19 heavy (non-hydrogen) atoms. The van der Waals surface area contributed by atoms with E-state index in [4.69, 9.17) is 9.47 Å². The van der Waals surface area contributed by atoms with Crippen LogP contribution in [0.15, 0.2) is 0 Å². The van der Waals surface area contributed by atoms with E-state index in [1.54, 1.807) is 6.26 Å². The molecule has 0 saturated heterocycles. The van der Waals surface area contributed by atoms with E-state index in [1.807, 2.05) is 20.8 Å². The topological polar surface area (TPSA) is 67.8 Å². The molecule has 0 rings (SSSR count). The van der Waals surface area contributed by atoms with Crippen molar-refractivity contribution in [2.45, 2.75) is 45.4 Å². The minimum atomic E-state index is -0.753. The molecule has 0 aliphatic rings. The van der Waals surface area contributed by atoms with Gasteiger partial charge in [-0.3, -0.25) is 4.21 Å². The van der Waals surface area contributed by atoms with Gasteiger partial charge in [0.2, 0.25) is 0 Å². The minimum Gasteiger partial charge on any atom is -0.389 e. The summed E-state index contributed by atoms with van der Waals surface area (Å²) in [5, 5.41) is 12.9. The first-order valence-electron chi connectivity index (χ1n) is 6.82. The first kappa shape index (κ1) is 19.0. The molecule has 0 saturated carbocycles. The highest BCUT2D eigenvalue weighted by Crippen LogP contribution is 1.94. The molecule has 0 aromatic rings. The standard InChI is InChI=1S/C13H29NO4S/c1-11(2)18-7-6-17-10-13(15)9-14-12(3)5-8-19(4)16/h11-15H,5-10H2,1-4H3. The number of ether oxygens (including phenoxy) is 2. The molecule has 0 aromatic carbocycles. The first-order chi connectivity index (χ1) is 8.91. The van der Waals surface area contributed by atoms with Crippen molar-refractivity contribution >= 4 is 10.8 Å². The van der Waals surface area contributed by atoms with Crippen LogP contribution in [0, 0.1) is 0 Å². The molecule has 0 aromatic heterocycles. The summed E-state index contributed by atoms with van der Waals surface area (Å²) in [5.41, 5.74) is 0. The average molecular weight is 295 g/mol. The summed E-state index contributed by atoms with van der Waals surface area (Å²) in [6, 6.07) is 0.253. The monoisotopic (exact) mass is 295 g/mol. The normalized spacial score (nSPS) is 16.5. The molecule has 2 N–H and O–H groups in total. The fraction of sp³-hybridized carbons (Fsp3) is 1.00. The van der Waals surface area contributed by atoms with Gasteiger partial charge in [0.25, 0.3) is 0 Å². The third-order valence-electron chi connectivity index (χ3n) is 2.53. The molecule has 0 aliphatic carbocycles. The number of nitrogens with one attached hydrogen (secondary N) is 1. The van der Waals surface area contributed by atoms with E-state index < -0.39 is 16.9 Å². The van der Waals surface area contributed by atoms with Crippen LogP contribution in [-0.2, 0) is 20.3 Å². The first-order valence-corrected chi connectivity index (χ1v) is 8.55. The van der Waals surface area contributed by atoms with Crippen molar-refractivity contribution in [3.05, 3.63) is 0 Å². The summed E-state index contributed by atoms with van der Waals surface area (Å²) in [4.78, 5) is 0. The Balaban J connectivity index is 3.42. The zero-order chi connectivity index (χ0) is 14.7. The SMILES string of the molecule is CC(CCS(C)=O)NCC(O)COCCOC(C)C. The largest absolute Gasteiger partial charge is 0.389 e. The van der Waals surface area contributed by atoms with E-state index in [-0.39, 0.29) is 12.1 Å². The van der Waals surface area contributed by atoms with Crippen molar-refractivity contribution in [1.29, 1.82) is 0 Å². The Morgan fingerprint density at radius 2 is 1.95 bits per heavy atom. The van der Waals surface area contributed by atoms with Gasteiger partial charge in [-0.2, -0.15) is 0 Å². The fourth-order valence-electron chi connectivity index (χ4n) is 1.40. The molecular formula is C13H29NO4S. The van der Waals surface area contributed by atoms with E-state index in [1.165, 1.54) is 0 Å². The molecule has 0 bridgehead atoms. The molecule has 0 radical (unpaired) electrons. The van der Waals surface area contributed by atoms with Crippen LogP contribution in [0.4, 0.5) is 0 Å². The smallest absolute Gasteiger partial charge is 0.0897 e. The zero-order valence-corrected chi connectivity index (χ0v) is 13.4. The molecule has 3 atom stereocenters. The maximum Gasteiger partial charge on any atom is 0.0897 e. The van der Waals surface area contributed by atoms with Crippen LogP contribution in [0.3, 0.4) is 0 Å². The van der Waals surface area contributed by atoms with Gasteiger partial charge >= 0.3 is 0 Å². The molecule has 0 heterocycles. The van der Waals surface area contributed by atoms with Crippen LogP contribution >= 0.6 is 0 Å². The Bertz CT molecular complexity index is 239. The van der Waals surface area contributed by atoms with Crippen molar-refractivity contribution < 1.29 is 18.8 Å². The Morgan fingerprint density at radius 3 is 2.53 bits per heavy atom. The Kier molecular flexibility index (Phi) is 11.8. The van der Waals surface area contributed by atoms with Crippen LogP contribution < -0.4 is 5.32 Å². The van der Waals surface area contributed by atoms with Gasteiger partial charge in [0, 0.05) is 35.4 Å². The lowest BCUT2D eigenvalue weighted by Gasteiger charge is -2.17. The summed E-state index contributed by atoms with van der Waals surface area (Å²) in [7, 11) is -0.753. The zero-order valence-electron chi connectivity index (χ0n) is 12.6. The highest BCUT2D eigenvalue weighted by molar-refractivity contribution is 7.84. The second-order valence-corrected chi connectivity index (χ2v) is 6.58. The van der Waals surface area contributed by atoms with Crippen LogP contribution in [0.25, 0.3) is 0 Å². The highest BCUT2D eigenvalue weighted by Gasteiger charge is 2.08. The van der Waals surface area contributed by atoms with Crippen LogP contribution in [-0.4, -0.2) is 65.9 Å². The van der Waals surface area contributed by atoms with Crippen molar-refractivity contribution in [1.82, 2.24) is 5.32 Å². The molecule has 3 unspecified atom stereocenters. The lowest BCUT2D eigenvalue weighted by Crippen LogP contribution is -2.36. The molecule has 116 valence electrons. The van der Waals surface area contributed by atoms with E-state index in [2.05, 4.69) is 5.32 Å². The van der Waals surface area contributed by atoms with Gasteiger partial charge in [-0.25, -0.2) is 0 Å². The molecule has 5 nitrogen and oxygen atoms in total. The van der Waals surface area contributed by atoms with Crippen molar-refractivity contribution in [3.63, 3.8) is 0 Å². The Labute approximate surface area is 119 Å². The average Bonchev–Trinajstić information content (AvgIpc) is 2.33. The number of hydrogen-bond donors (Lipinski definition) is 2. The Hall–Kier alpha value is -0.0100. The van der Waals surface area contributed by atoms with Crippen molar-refractivity contribution in [2.75, 3.05) is 38.4 Å². The summed E-state index contributed by atoms with van der Waals surface area (Å²) < 4.78 is 21.6. The van der Waals surface area contributed by atoms with Gasteiger partial charge in [-0.15, -0.1) is 0 Å². The van der Waals surface area contributed by atoms with Crippen molar-refractivity contribution in [2.24, 2.45) is 0 Å². The summed E-state index contributed by atoms with van der Waals surface area (Å²) in [5.74, 6) is 0.688. The molecule has 0 fully saturated rings. The summed E-state index contributed by atoms with van der Waals surface area (Å²) in [6.07, 6.45) is 2.24. The predicted molar refractivity (Wildman–Crippen MR) is 78.9 cm³/mol. The Morgan fingerprint density at radius 1 is 1.26 bits per heavy atom. The van der Waals surface area contributed by atoms with Crippen LogP contribution in [0.1, 0.15) is 27.2 Å². The predicted octanol–water partition coefficient (Wildman–Crippen LogP) is 0.536. The molecular weight excluding hydrogens is 266 g/mol. The molecule has 6 heteroatoms. The summed E-state index contributed by atoms with van der Waals surface area (Å²) >= 11 is 0. The second kappa shape index (κ2) is 11.8. The van der Waals surface area contributed by atoms with E-state index in [0.29, 0.717) is 32.1 Å². The van der Waals surface area contributed by atoms with E-state index >= 15 is 0 Å². The van der Waals surface area contributed by atoms with Gasteiger partial charge in [-0.1, -0.05) is 0 Å². The second-order valence-electron chi connectivity index (χ2n) is 5.02. The number of rotatable bonds is 12. The van der Waals surface area contributed by atoms with Gasteiger partial charge in [-0.05, 0) is 27.2 Å². The maximum atomic E-state index is 10.9.